The van der Waals surface area contributed by atoms with Gasteiger partial charge >= 0.3 is 0 Å². The molecule has 1 unspecified atom stereocenters. The van der Waals surface area contributed by atoms with Gasteiger partial charge in [0, 0.05) is 4.43 Å². The average molecular weight is 268 g/mol. The molecule has 0 heterocycles. The fourth-order valence-electron chi connectivity index (χ4n) is 1.17. The van der Waals surface area contributed by atoms with Gasteiger partial charge in [-0.05, 0) is 12.3 Å². The molecule has 0 aromatic heterocycles. The molecule has 1 heteroatoms. The third-order valence-electron chi connectivity index (χ3n) is 2.06. The predicted molar refractivity (Wildman–Crippen MR) is 61.4 cm³/mol. The fourth-order valence-corrected chi connectivity index (χ4v) is 1.61. The minimum absolute atomic E-state index is 0.942. The van der Waals surface area contributed by atoms with E-state index in [4.69, 9.17) is 0 Å². The SMILES string of the molecule is CCCCCCCC(C)CI. The van der Waals surface area contributed by atoms with Crippen LogP contribution < -0.4 is 0 Å². The van der Waals surface area contributed by atoms with Crippen LogP contribution in [0.4, 0.5) is 0 Å². The quantitative estimate of drug-likeness (QED) is 0.364. The van der Waals surface area contributed by atoms with Crippen molar-refractivity contribution in [2.45, 2.75) is 52.4 Å². The Balaban J connectivity index is 2.89. The normalized spacial score (nSPS) is 13.4. The van der Waals surface area contributed by atoms with Crippen molar-refractivity contribution in [3.05, 3.63) is 0 Å². The minimum atomic E-state index is 0.942. The molecule has 0 fully saturated rings. The third kappa shape index (κ3) is 8.64. The van der Waals surface area contributed by atoms with Gasteiger partial charge in [0.15, 0.2) is 0 Å². The van der Waals surface area contributed by atoms with Gasteiger partial charge in [-0.1, -0.05) is 68.5 Å². The molecule has 68 valence electrons. The van der Waals surface area contributed by atoms with E-state index in [2.05, 4.69) is 36.4 Å². The summed E-state index contributed by atoms with van der Waals surface area (Å²) >= 11 is 2.48. The van der Waals surface area contributed by atoms with Crippen LogP contribution in [0.1, 0.15) is 52.4 Å². The van der Waals surface area contributed by atoms with Crippen LogP contribution in [0, 0.1) is 5.92 Å². The fraction of sp³-hybridized carbons (Fsp3) is 1.00. The average Bonchev–Trinajstić information content (AvgIpc) is 2.04. The maximum Gasteiger partial charge on any atom is 0.00210 e. The molecule has 0 spiro atoms. The van der Waals surface area contributed by atoms with Gasteiger partial charge in [-0.3, -0.25) is 0 Å². The number of hydrogen-bond acceptors (Lipinski definition) is 0. The Morgan fingerprint density at radius 1 is 1.09 bits per heavy atom. The highest BCUT2D eigenvalue weighted by Gasteiger charge is 1.97. The molecule has 0 aliphatic carbocycles. The first-order valence-corrected chi connectivity index (χ1v) is 6.39. The zero-order valence-electron chi connectivity index (χ0n) is 7.91. The Labute approximate surface area is 85.3 Å². The Hall–Kier alpha value is 0.730. The van der Waals surface area contributed by atoms with Crippen LogP contribution in [0.5, 0.6) is 0 Å². The zero-order chi connectivity index (χ0) is 8.53. The zero-order valence-corrected chi connectivity index (χ0v) is 10.1. The van der Waals surface area contributed by atoms with Crippen LogP contribution in [0.25, 0.3) is 0 Å². The molecule has 0 aromatic carbocycles. The van der Waals surface area contributed by atoms with Crippen LogP contribution in [0.3, 0.4) is 0 Å². The van der Waals surface area contributed by atoms with E-state index in [0.29, 0.717) is 0 Å². The number of hydrogen-bond donors (Lipinski definition) is 0. The van der Waals surface area contributed by atoms with E-state index in [9.17, 15) is 0 Å². The molecule has 0 aromatic rings. The van der Waals surface area contributed by atoms with Crippen LogP contribution in [0.15, 0.2) is 0 Å². The van der Waals surface area contributed by atoms with Crippen LogP contribution in [0.2, 0.25) is 0 Å². The van der Waals surface area contributed by atoms with E-state index in [1.807, 2.05) is 0 Å². The predicted octanol–water partition coefficient (Wildman–Crippen LogP) is 4.42. The summed E-state index contributed by atoms with van der Waals surface area (Å²) in [4.78, 5) is 0. The minimum Gasteiger partial charge on any atom is -0.0861 e. The number of halogens is 1. The smallest absolute Gasteiger partial charge is 0.00210 e. The molecule has 0 saturated heterocycles. The molecule has 0 aliphatic rings. The molecule has 0 rings (SSSR count). The summed E-state index contributed by atoms with van der Waals surface area (Å²) in [7, 11) is 0. The molecular formula is C10H21I. The summed E-state index contributed by atoms with van der Waals surface area (Å²) in [5.74, 6) is 0.942. The molecular weight excluding hydrogens is 247 g/mol. The van der Waals surface area contributed by atoms with Crippen LogP contribution >= 0.6 is 22.6 Å². The van der Waals surface area contributed by atoms with Crippen molar-refractivity contribution in [3.63, 3.8) is 0 Å². The van der Waals surface area contributed by atoms with Gasteiger partial charge in [0.25, 0.3) is 0 Å². The molecule has 0 N–H and O–H groups in total. The number of rotatable bonds is 7. The summed E-state index contributed by atoms with van der Waals surface area (Å²) in [6.07, 6.45) is 8.58. The van der Waals surface area contributed by atoms with Gasteiger partial charge in [0.1, 0.15) is 0 Å². The van der Waals surface area contributed by atoms with Gasteiger partial charge in [-0.25, -0.2) is 0 Å². The summed E-state index contributed by atoms with van der Waals surface area (Å²) < 4.78 is 1.32. The highest BCUT2D eigenvalue weighted by Crippen LogP contribution is 2.12. The molecule has 0 aliphatic heterocycles. The second-order valence-corrected chi connectivity index (χ2v) is 4.34. The molecule has 1 atom stereocenters. The number of unbranched alkanes of at least 4 members (excludes halogenated alkanes) is 4. The first-order chi connectivity index (χ1) is 5.31. The highest BCUT2D eigenvalue weighted by atomic mass is 127. The first kappa shape index (κ1) is 11.7. The first-order valence-electron chi connectivity index (χ1n) is 4.87. The van der Waals surface area contributed by atoms with Crippen LogP contribution in [-0.4, -0.2) is 4.43 Å². The van der Waals surface area contributed by atoms with E-state index in [-0.39, 0.29) is 0 Å². The van der Waals surface area contributed by atoms with Crippen LogP contribution in [-0.2, 0) is 0 Å². The maximum absolute atomic E-state index is 2.48. The van der Waals surface area contributed by atoms with E-state index in [1.165, 1.54) is 43.0 Å². The Morgan fingerprint density at radius 2 is 1.73 bits per heavy atom. The Morgan fingerprint density at radius 3 is 2.27 bits per heavy atom. The lowest BCUT2D eigenvalue weighted by Crippen LogP contribution is -1.94. The van der Waals surface area contributed by atoms with Crippen molar-refractivity contribution in [1.29, 1.82) is 0 Å². The van der Waals surface area contributed by atoms with Crippen molar-refractivity contribution >= 4 is 22.6 Å². The molecule has 11 heavy (non-hydrogen) atoms. The van der Waals surface area contributed by atoms with Gasteiger partial charge in [-0.2, -0.15) is 0 Å². The second-order valence-electron chi connectivity index (χ2n) is 3.46. The second kappa shape index (κ2) is 8.82. The summed E-state index contributed by atoms with van der Waals surface area (Å²) in [6.45, 7) is 4.62. The third-order valence-corrected chi connectivity index (χ3v) is 3.57. The largest absolute Gasteiger partial charge is 0.0861 e. The monoisotopic (exact) mass is 268 g/mol. The highest BCUT2D eigenvalue weighted by molar-refractivity contribution is 14.1. The van der Waals surface area contributed by atoms with Gasteiger partial charge in [0.2, 0.25) is 0 Å². The van der Waals surface area contributed by atoms with E-state index in [0.717, 1.165) is 5.92 Å². The topological polar surface area (TPSA) is 0 Å². The van der Waals surface area contributed by atoms with Crippen molar-refractivity contribution in [3.8, 4) is 0 Å². The van der Waals surface area contributed by atoms with E-state index < -0.39 is 0 Å². The number of alkyl halides is 1. The van der Waals surface area contributed by atoms with Crippen molar-refractivity contribution < 1.29 is 0 Å². The van der Waals surface area contributed by atoms with Gasteiger partial charge in [0.05, 0.1) is 0 Å². The lowest BCUT2D eigenvalue weighted by molar-refractivity contribution is 0.528. The lowest BCUT2D eigenvalue weighted by atomic mass is 10.0. The maximum atomic E-state index is 2.48. The van der Waals surface area contributed by atoms with Crippen molar-refractivity contribution in [2.24, 2.45) is 5.92 Å². The van der Waals surface area contributed by atoms with Crippen molar-refractivity contribution in [1.82, 2.24) is 0 Å². The molecule has 0 radical (unpaired) electrons. The molecule has 0 bridgehead atoms. The summed E-state index contributed by atoms with van der Waals surface area (Å²) in [5.41, 5.74) is 0. The summed E-state index contributed by atoms with van der Waals surface area (Å²) in [6, 6.07) is 0. The molecule has 0 nitrogen and oxygen atoms in total. The standard InChI is InChI=1S/C10H21I/c1-3-4-5-6-7-8-10(2)9-11/h10H,3-9H2,1-2H3. The Kier molecular flexibility index (Phi) is 9.41. The van der Waals surface area contributed by atoms with Gasteiger partial charge < -0.3 is 0 Å². The van der Waals surface area contributed by atoms with Gasteiger partial charge in [-0.15, -0.1) is 0 Å². The summed E-state index contributed by atoms with van der Waals surface area (Å²) in [5, 5.41) is 0. The Bertz CT molecular complexity index is 71.3. The van der Waals surface area contributed by atoms with E-state index >= 15 is 0 Å². The lowest BCUT2D eigenvalue weighted by Gasteiger charge is -2.05. The molecule has 0 saturated carbocycles. The van der Waals surface area contributed by atoms with Crippen molar-refractivity contribution in [2.75, 3.05) is 4.43 Å². The molecule has 0 amide bonds. The van der Waals surface area contributed by atoms with E-state index in [1.54, 1.807) is 0 Å².